The standard InChI is InChI=1S/C43H29N3/c1-28-12-11-16-32(26-28)41-44-40(31-14-3-2-4-15-31)45-42(46-41)33-25-24-30-23-22-29-13-5-8-19-36(29)43(39(30)27-33)37-20-9-6-17-34(37)35-18-7-10-21-38(35)43/h2-27H,1H3. The van der Waals surface area contributed by atoms with E-state index in [0.717, 1.165) is 22.3 Å². The average molecular weight is 588 g/mol. The summed E-state index contributed by atoms with van der Waals surface area (Å²) in [5.74, 6) is 1.98. The van der Waals surface area contributed by atoms with Crippen molar-refractivity contribution in [3.05, 3.63) is 185 Å². The smallest absolute Gasteiger partial charge is 0.164 e. The second-order valence-electron chi connectivity index (χ2n) is 12.1. The van der Waals surface area contributed by atoms with Gasteiger partial charge in [0.25, 0.3) is 0 Å². The van der Waals surface area contributed by atoms with Crippen molar-refractivity contribution in [3.8, 4) is 45.3 Å². The van der Waals surface area contributed by atoms with Crippen molar-refractivity contribution in [2.24, 2.45) is 0 Å². The van der Waals surface area contributed by atoms with Gasteiger partial charge in [-0.15, -0.1) is 0 Å². The Morgan fingerprint density at radius 2 is 0.913 bits per heavy atom. The Morgan fingerprint density at radius 1 is 0.391 bits per heavy atom. The fourth-order valence-corrected chi connectivity index (χ4v) is 7.42. The van der Waals surface area contributed by atoms with Gasteiger partial charge in [-0.1, -0.05) is 151 Å². The Morgan fingerprint density at radius 3 is 1.59 bits per heavy atom. The zero-order chi connectivity index (χ0) is 30.7. The van der Waals surface area contributed by atoms with Crippen molar-refractivity contribution >= 4 is 12.2 Å². The van der Waals surface area contributed by atoms with Gasteiger partial charge in [0.15, 0.2) is 17.5 Å². The number of hydrogen-bond acceptors (Lipinski definition) is 3. The van der Waals surface area contributed by atoms with Gasteiger partial charge in [0.05, 0.1) is 5.41 Å². The minimum Gasteiger partial charge on any atom is -0.208 e. The molecular weight excluding hydrogens is 558 g/mol. The topological polar surface area (TPSA) is 38.7 Å². The van der Waals surface area contributed by atoms with Crippen LogP contribution >= 0.6 is 0 Å². The molecule has 2 aliphatic carbocycles. The summed E-state index contributed by atoms with van der Waals surface area (Å²) in [6, 6.07) is 51.8. The lowest BCUT2D eigenvalue weighted by molar-refractivity contribution is 0.766. The highest BCUT2D eigenvalue weighted by molar-refractivity contribution is 5.91. The van der Waals surface area contributed by atoms with E-state index in [0.29, 0.717) is 17.5 Å². The summed E-state index contributed by atoms with van der Waals surface area (Å²) in [4.78, 5) is 15.2. The van der Waals surface area contributed by atoms with Gasteiger partial charge in [-0.25, -0.2) is 15.0 Å². The molecule has 0 aliphatic heterocycles. The largest absolute Gasteiger partial charge is 0.208 e. The van der Waals surface area contributed by atoms with Crippen LogP contribution in [-0.2, 0) is 5.41 Å². The molecule has 3 heteroatoms. The van der Waals surface area contributed by atoms with Crippen molar-refractivity contribution in [1.29, 1.82) is 0 Å². The van der Waals surface area contributed by atoms with Crippen LogP contribution in [0.2, 0.25) is 0 Å². The van der Waals surface area contributed by atoms with Crippen LogP contribution in [0.3, 0.4) is 0 Å². The van der Waals surface area contributed by atoms with Crippen molar-refractivity contribution in [2.75, 3.05) is 0 Å². The van der Waals surface area contributed by atoms with Crippen molar-refractivity contribution < 1.29 is 0 Å². The molecule has 0 amide bonds. The minimum absolute atomic E-state index is 0.507. The van der Waals surface area contributed by atoms with E-state index in [1.807, 2.05) is 18.2 Å². The number of rotatable bonds is 3. The van der Waals surface area contributed by atoms with Gasteiger partial charge in [0, 0.05) is 16.7 Å². The van der Waals surface area contributed by atoms with Crippen molar-refractivity contribution in [1.82, 2.24) is 15.0 Å². The van der Waals surface area contributed by atoms with Crippen molar-refractivity contribution in [2.45, 2.75) is 12.3 Å². The van der Waals surface area contributed by atoms with E-state index in [2.05, 4.69) is 146 Å². The Balaban J connectivity index is 1.34. The lowest BCUT2D eigenvalue weighted by Crippen LogP contribution is -2.30. The molecular formula is C43H29N3. The zero-order valence-electron chi connectivity index (χ0n) is 25.4. The first-order chi connectivity index (χ1) is 22.7. The number of fused-ring (bicyclic) bond motifs is 9. The van der Waals surface area contributed by atoms with Gasteiger partial charge in [0.1, 0.15) is 0 Å². The van der Waals surface area contributed by atoms with Crippen LogP contribution in [0.25, 0.3) is 57.4 Å². The zero-order valence-corrected chi connectivity index (χ0v) is 25.4. The number of benzene rings is 6. The molecule has 46 heavy (non-hydrogen) atoms. The average Bonchev–Trinajstić information content (AvgIpc) is 3.33. The molecule has 0 unspecified atom stereocenters. The Labute approximate surface area is 268 Å². The van der Waals surface area contributed by atoms with Crippen LogP contribution in [0.15, 0.2) is 146 Å². The van der Waals surface area contributed by atoms with E-state index in [1.165, 1.54) is 44.5 Å². The molecule has 0 radical (unpaired) electrons. The first-order valence-electron chi connectivity index (χ1n) is 15.7. The summed E-state index contributed by atoms with van der Waals surface area (Å²) in [6.45, 7) is 2.10. The predicted octanol–water partition coefficient (Wildman–Crippen LogP) is 10.0. The summed E-state index contributed by atoms with van der Waals surface area (Å²) < 4.78 is 0. The van der Waals surface area contributed by atoms with E-state index in [9.17, 15) is 0 Å². The second-order valence-corrected chi connectivity index (χ2v) is 12.1. The van der Waals surface area contributed by atoms with Gasteiger partial charge in [0.2, 0.25) is 0 Å². The van der Waals surface area contributed by atoms with Crippen molar-refractivity contribution in [3.63, 3.8) is 0 Å². The lowest BCUT2D eigenvalue weighted by Gasteiger charge is -2.35. The van der Waals surface area contributed by atoms with Crippen LogP contribution in [0, 0.1) is 6.92 Å². The summed E-state index contributed by atoms with van der Waals surface area (Å²) in [5.41, 5.74) is 13.6. The Hall–Kier alpha value is -5.93. The molecule has 3 nitrogen and oxygen atoms in total. The first kappa shape index (κ1) is 26.5. The monoisotopic (exact) mass is 587 g/mol. The Kier molecular flexibility index (Phi) is 5.94. The summed E-state index contributed by atoms with van der Waals surface area (Å²) in [6.07, 6.45) is 4.52. The third-order valence-electron chi connectivity index (χ3n) is 9.42. The molecule has 0 saturated carbocycles. The van der Waals surface area contributed by atoms with Crippen LogP contribution in [0.4, 0.5) is 0 Å². The molecule has 9 rings (SSSR count). The normalized spacial score (nSPS) is 13.4. The van der Waals surface area contributed by atoms with Gasteiger partial charge < -0.3 is 0 Å². The predicted molar refractivity (Wildman–Crippen MR) is 187 cm³/mol. The summed E-state index contributed by atoms with van der Waals surface area (Å²) >= 11 is 0. The third-order valence-corrected chi connectivity index (χ3v) is 9.42. The minimum atomic E-state index is -0.507. The molecule has 7 aromatic rings. The molecule has 1 aromatic heterocycles. The SMILES string of the molecule is Cc1cccc(-c2nc(-c3ccccc3)nc(-c3ccc4c(c3)C3(c5ccccc5C=C4)c4ccccc4-c4ccccc43)n2)c1. The Bertz CT molecular complexity index is 2290. The number of aryl methyl sites for hydroxylation is 1. The van der Waals surface area contributed by atoms with Crippen LogP contribution in [-0.4, -0.2) is 15.0 Å². The number of nitrogens with zero attached hydrogens (tertiary/aromatic N) is 3. The maximum atomic E-state index is 5.12. The second kappa shape index (κ2) is 10.3. The molecule has 2 aliphatic rings. The van der Waals surface area contributed by atoms with Crippen LogP contribution in [0.5, 0.6) is 0 Å². The van der Waals surface area contributed by atoms with Gasteiger partial charge >= 0.3 is 0 Å². The maximum absolute atomic E-state index is 5.12. The van der Waals surface area contributed by atoms with E-state index in [1.54, 1.807) is 0 Å². The molecule has 0 bridgehead atoms. The third kappa shape index (κ3) is 3.95. The summed E-state index contributed by atoms with van der Waals surface area (Å²) in [7, 11) is 0. The first-order valence-corrected chi connectivity index (χ1v) is 15.7. The molecule has 216 valence electrons. The molecule has 0 atom stereocenters. The van der Waals surface area contributed by atoms with Crippen LogP contribution < -0.4 is 0 Å². The molecule has 1 spiro atoms. The number of aromatic nitrogens is 3. The van der Waals surface area contributed by atoms with Gasteiger partial charge in [-0.2, -0.15) is 0 Å². The van der Waals surface area contributed by atoms with Gasteiger partial charge in [-0.05, 0) is 63.6 Å². The highest BCUT2D eigenvalue weighted by Crippen LogP contribution is 2.58. The summed E-state index contributed by atoms with van der Waals surface area (Å²) in [5, 5.41) is 0. The fourth-order valence-electron chi connectivity index (χ4n) is 7.42. The lowest BCUT2D eigenvalue weighted by atomic mass is 9.66. The van der Waals surface area contributed by atoms with Gasteiger partial charge in [-0.3, -0.25) is 0 Å². The van der Waals surface area contributed by atoms with Crippen LogP contribution in [0.1, 0.15) is 38.9 Å². The molecule has 0 saturated heterocycles. The highest BCUT2D eigenvalue weighted by Gasteiger charge is 2.48. The maximum Gasteiger partial charge on any atom is 0.164 e. The molecule has 6 aromatic carbocycles. The molecule has 1 heterocycles. The molecule has 0 fully saturated rings. The van der Waals surface area contributed by atoms with E-state index >= 15 is 0 Å². The van der Waals surface area contributed by atoms with E-state index in [4.69, 9.17) is 15.0 Å². The van der Waals surface area contributed by atoms with E-state index < -0.39 is 5.41 Å². The molecule has 0 N–H and O–H groups in total. The highest BCUT2D eigenvalue weighted by atomic mass is 15.0. The quantitative estimate of drug-likeness (QED) is 0.206. The van der Waals surface area contributed by atoms with E-state index in [-0.39, 0.29) is 0 Å². The fraction of sp³-hybridized carbons (Fsp3) is 0.0465. The number of hydrogen-bond donors (Lipinski definition) is 0.